The summed E-state index contributed by atoms with van der Waals surface area (Å²) in [5.74, 6) is -1.59. The number of benzene rings is 1. The first kappa shape index (κ1) is 14.0. The van der Waals surface area contributed by atoms with Gasteiger partial charge in [-0.3, -0.25) is 14.4 Å². The van der Waals surface area contributed by atoms with Crippen LogP contribution in [0.3, 0.4) is 0 Å². The Labute approximate surface area is 116 Å². The number of nitrogens with two attached hydrogens (primary N) is 1. The molecule has 1 aliphatic rings. The summed E-state index contributed by atoms with van der Waals surface area (Å²) < 4.78 is 5.01. The molecular weight excluding hydrogens is 260 g/mol. The molecule has 20 heavy (non-hydrogen) atoms. The van der Waals surface area contributed by atoms with Gasteiger partial charge in [-0.1, -0.05) is 30.3 Å². The maximum atomic E-state index is 12.1. The number of ether oxygens (including phenoxy) is 1. The topological polar surface area (TPSA) is 98.5 Å². The SMILES string of the molecule is NC(=O)CNC(=O)COC(=O)C1(c2ccccc2)CC1. The van der Waals surface area contributed by atoms with E-state index in [0.717, 1.165) is 18.4 Å². The average Bonchev–Trinajstić information content (AvgIpc) is 3.25. The highest BCUT2D eigenvalue weighted by molar-refractivity contribution is 5.89. The van der Waals surface area contributed by atoms with Crippen molar-refractivity contribution in [3.63, 3.8) is 0 Å². The molecule has 0 bridgehead atoms. The molecule has 0 radical (unpaired) electrons. The Bertz CT molecular complexity index is 523. The molecule has 6 nitrogen and oxygen atoms in total. The summed E-state index contributed by atoms with van der Waals surface area (Å²) >= 11 is 0. The molecule has 0 spiro atoms. The Morgan fingerprint density at radius 1 is 1.20 bits per heavy atom. The van der Waals surface area contributed by atoms with E-state index in [-0.39, 0.29) is 6.54 Å². The fourth-order valence-corrected chi connectivity index (χ4v) is 2.00. The third-order valence-electron chi connectivity index (χ3n) is 3.26. The average molecular weight is 276 g/mol. The highest BCUT2D eigenvalue weighted by atomic mass is 16.5. The molecule has 6 heteroatoms. The second-order valence-corrected chi connectivity index (χ2v) is 4.77. The van der Waals surface area contributed by atoms with Gasteiger partial charge in [0, 0.05) is 0 Å². The van der Waals surface area contributed by atoms with Gasteiger partial charge in [-0.15, -0.1) is 0 Å². The molecule has 2 amide bonds. The molecule has 2 rings (SSSR count). The number of esters is 1. The van der Waals surface area contributed by atoms with Crippen molar-refractivity contribution >= 4 is 17.8 Å². The van der Waals surface area contributed by atoms with Crippen LogP contribution in [-0.4, -0.2) is 30.9 Å². The summed E-state index contributed by atoms with van der Waals surface area (Å²) in [5.41, 5.74) is 5.19. The molecule has 0 heterocycles. The highest BCUT2D eigenvalue weighted by Crippen LogP contribution is 2.49. The molecule has 106 valence electrons. The number of primary amides is 1. The Morgan fingerprint density at radius 3 is 2.40 bits per heavy atom. The minimum Gasteiger partial charge on any atom is -0.455 e. The van der Waals surface area contributed by atoms with Crippen LogP contribution in [0.25, 0.3) is 0 Å². The molecule has 1 saturated carbocycles. The molecule has 1 aliphatic carbocycles. The summed E-state index contributed by atoms with van der Waals surface area (Å²) in [6, 6.07) is 9.36. The quantitative estimate of drug-likeness (QED) is 0.707. The summed E-state index contributed by atoms with van der Waals surface area (Å²) in [7, 11) is 0. The van der Waals surface area contributed by atoms with Crippen molar-refractivity contribution in [1.29, 1.82) is 0 Å². The first-order valence-electron chi connectivity index (χ1n) is 6.32. The first-order chi connectivity index (χ1) is 9.54. The van der Waals surface area contributed by atoms with Crippen molar-refractivity contribution in [3.05, 3.63) is 35.9 Å². The maximum absolute atomic E-state index is 12.1. The summed E-state index contributed by atoms with van der Waals surface area (Å²) in [4.78, 5) is 33.9. The molecule has 0 atom stereocenters. The zero-order valence-electron chi connectivity index (χ0n) is 10.9. The molecule has 0 saturated heterocycles. The lowest BCUT2D eigenvalue weighted by Crippen LogP contribution is -2.37. The first-order valence-corrected chi connectivity index (χ1v) is 6.32. The lowest BCUT2D eigenvalue weighted by Gasteiger charge is -2.14. The smallest absolute Gasteiger partial charge is 0.317 e. The van der Waals surface area contributed by atoms with Crippen LogP contribution in [0.1, 0.15) is 18.4 Å². The number of carbonyl (C=O) groups is 3. The molecule has 0 aromatic heterocycles. The van der Waals surface area contributed by atoms with Crippen LogP contribution in [-0.2, 0) is 24.5 Å². The van der Waals surface area contributed by atoms with Crippen LogP contribution in [0.5, 0.6) is 0 Å². The van der Waals surface area contributed by atoms with E-state index in [1.807, 2.05) is 30.3 Å². The maximum Gasteiger partial charge on any atom is 0.317 e. The Balaban J connectivity index is 1.87. The van der Waals surface area contributed by atoms with Gasteiger partial charge in [-0.05, 0) is 18.4 Å². The Kier molecular flexibility index (Phi) is 4.02. The number of carbonyl (C=O) groups excluding carboxylic acids is 3. The van der Waals surface area contributed by atoms with E-state index in [0.29, 0.717) is 0 Å². The van der Waals surface area contributed by atoms with Crippen LogP contribution < -0.4 is 11.1 Å². The molecule has 0 unspecified atom stereocenters. The summed E-state index contributed by atoms with van der Waals surface area (Å²) in [6.07, 6.45) is 1.44. The molecule has 1 aromatic carbocycles. The van der Waals surface area contributed by atoms with E-state index >= 15 is 0 Å². The zero-order chi connectivity index (χ0) is 14.6. The van der Waals surface area contributed by atoms with Gasteiger partial charge < -0.3 is 15.8 Å². The fourth-order valence-electron chi connectivity index (χ4n) is 2.00. The van der Waals surface area contributed by atoms with E-state index in [4.69, 9.17) is 10.5 Å². The number of hydrogen-bond donors (Lipinski definition) is 2. The number of nitrogens with one attached hydrogen (secondary N) is 1. The van der Waals surface area contributed by atoms with Gasteiger partial charge in [0.15, 0.2) is 6.61 Å². The lowest BCUT2D eigenvalue weighted by molar-refractivity contribution is -0.151. The van der Waals surface area contributed by atoms with Crippen molar-refractivity contribution in [2.24, 2.45) is 5.73 Å². The minimum absolute atomic E-state index is 0.264. The normalized spacial score (nSPS) is 15.2. The zero-order valence-corrected chi connectivity index (χ0v) is 10.9. The minimum atomic E-state index is -0.646. The van der Waals surface area contributed by atoms with Gasteiger partial charge in [-0.25, -0.2) is 0 Å². The second-order valence-electron chi connectivity index (χ2n) is 4.77. The van der Waals surface area contributed by atoms with Crippen LogP contribution in [0.15, 0.2) is 30.3 Å². The number of hydrogen-bond acceptors (Lipinski definition) is 4. The summed E-state index contributed by atoms with van der Waals surface area (Å²) in [5, 5.41) is 2.26. The fraction of sp³-hybridized carbons (Fsp3) is 0.357. The molecule has 0 aliphatic heterocycles. The van der Waals surface area contributed by atoms with Gasteiger partial charge in [0.05, 0.1) is 12.0 Å². The van der Waals surface area contributed by atoms with E-state index in [1.165, 1.54) is 0 Å². The predicted octanol–water partition coefficient (Wildman–Crippen LogP) is -0.137. The van der Waals surface area contributed by atoms with Gasteiger partial charge >= 0.3 is 5.97 Å². The lowest BCUT2D eigenvalue weighted by atomic mass is 9.96. The molecule has 3 N–H and O–H groups in total. The molecule has 1 fully saturated rings. The van der Waals surface area contributed by atoms with E-state index in [1.54, 1.807) is 0 Å². The van der Waals surface area contributed by atoms with Crippen LogP contribution in [0.4, 0.5) is 0 Å². The largest absolute Gasteiger partial charge is 0.455 e. The van der Waals surface area contributed by atoms with Crippen molar-refractivity contribution in [3.8, 4) is 0 Å². The number of rotatable bonds is 6. The summed E-state index contributed by atoms with van der Waals surface area (Å²) in [6.45, 7) is -0.666. The Hall–Kier alpha value is -2.37. The van der Waals surface area contributed by atoms with Crippen LogP contribution in [0.2, 0.25) is 0 Å². The standard InChI is InChI=1S/C14H16N2O4/c15-11(17)8-16-12(18)9-20-13(19)14(6-7-14)10-4-2-1-3-5-10/h1-5H,6-9H2,(H2,15,17)(H,16,18). The van der Waals surface area contributed by atoms with Crippen molar-refractivity contribution in [2.45, 2.75) is 18.3 Å². The van der Waals surface area contributed by atoms with E-state index in [2.05, 4.69) is 5.32 Å². The highest BCUT2D eigenvalue weighted by Gasteiger charge is 2.52. The van der Waals surface area contributed by atoms with Gasteiger partial charge in [0.2, 0.25) is 5.91 Å². The third kappa shape index (κ3) is 3.14. The molecular formula is C14H16N2O4. The Morgan fingerprint density at radius 2 is 1.85 bits per heavy atom. The third-order valence-corrected chi connectivity index (χ3v) is 3.26. The van der Waals surface area contributed by atoms with Crippen molar-refractivity contribution in [2.75, 3.05) is 13.2 Å². The monoisotopic (exact) mass is 276 g/mol. The van der Waals surface area contributed by atoms with Crippen LogP contribution in [0, 0.1) is 0 Å². The van der Waals surface area contributed by atoms with Gasteiger partial charge in [0.1, 0.15) is 0 Å². The van der Waals surface area contributed by atoms with Crippen molar-refractivity contribution in [1.82, 2.24) is 5.32 Å². The molecule has 1 aromatic rings. The van der Waals surface area contributed by atoms with Gasteiger partial charge in [-0.2, -0.15) is 0 Å². The second kappa shape index (κ2) is 5.73. The van der Waals surface area contributed by atoms with Crippen molar-refractivity contribution < 1.29 is 19.1 Å². The van der Waals surface area contributed by atoms with E-state index < -0.39 is 29.8 Å². The number of amides is 2. The van der Waals surface area contributed by atoms with Gasteiger partial charge in [0.25, 0.3) is 5.91 Å². The predicted molar refractivity (Wildman–Crippen MR) is 70.5 cm³/mol. The van der Waals surface area contributed by atoms with E-state index in [9.17, 15) is 14.4 Å². The van der Waals surface area contributed by atoms with Crippen LogP contribution >= 0.6 is 0 Å².